The number of aromatic nitrogens is 2. The van der Waals surface area contributed by atoms with Gasteiger partial charge < -0.3 is 14.9 Å². The van der Waals surface area contributed by atoms with Gasteiger partial charge in [0.05, 0.1) is 11.8 Å². The average molecular weight is 326 g/mol. The second kappa shape index (κ2) is 6.27. The lowest BCUT2D eigenvalue weighted by atomic mass is 9.92. The number of nitrogens with zero attached hydrogens (tertiary/aromatic N) is 4. The number of hydrogen-bond donors (Lipinski definition) is 1. The van der Waals surface area contributed by atoms with E-state index in [1.807, 2.05) is 6.92 Å². The molecule has 3 atom stereocenters. The molecular weight excluding hydrogens is 303 g/mol. The number of piperidine rings is 1. The zero-order valence-corrected chi connectivity index (χ0v) is 13.9. The van der Waals surface area contributed by atoms with Crippen molar-refractivity contribution in [3.8, 4) is 0 Å². The minimum Gasteiger partial charge on any atom is -0.355 e. The van der Waals surface area contributed by atoms with E-state index < -0.39 is 11.8 Å². The van der Waals surface area contributed by atoms with Crippen LogP contribution in [0.5, 0.6) is 0 Å². The van der Waals surface area contributed by atoms with Crippen molar-refractivity contribution >= 4 is 11.8 Å². The van der Waals surface area contributed by atoms with Gasteiger partial charge in [0.1, 0.15) is 0 Å². The Balaban J connectivity index is 2.03. The monoisotopic (exact) mass is 326 g/mol. The van der Waals surface area contributed by atoms with Crippen molar-refractivity contribution in [3.63, 3.8) is 0 Å². The third kappa shape index (κ3) is 3.69. The first-order valence-electron chi connectivity index (χ1n) is 7.57. The summed E-state index contributed by atoms with van der Waals surface area (Å²) in [5, 5.41) is 13.2. The Morgan fingerprint density at radius 1 is 1.52 bits per heavy atom. The highest BCUT2D eigenvalue weighted by molar-refractivity contribution is 5.93. The van der Waals surface area contributed by atoms with Crippen molar-refractivity contribution < 1.29 is 19.1 Å². The molecule has 0 spiro atoms. The fourth-order valence-corrected chi connectivity index (χ4v) is 3.07. The summed E-state index contributed by atoms with van der Waals surface area (Å²) >= 11 is 0. The van der Waals surface area contributed by atoms with Crippen molar-refractivity contribution in [2.75, 3.05) is 20.1 Å². The van der Waals surface area contributed by atoms with E-state index in [1.54, 1.807) is 29.9 Å². The highest BCUT2D eigenvalue weighted by Crippen LogP contribution is 2.24. The van der Waals surface area contributed by atoms with E-state index in [2.05, 4.69) is 5.10 Å². The van der Waals surface area contributed by atoms with Crippen LogP contribution in [0.15, 0.2) is 12.4 Å². The van der Waals surface area contributed by atoms with Crippen molar-refractivity contribution in [1.29, 1.82) is 0 Å². The number of likely N-dealkylation sites (tertiary alicyclic amines) is 1. The van der Waals surface area contributed by atoms with Gasteiger partial charge in [0.25, 0.3) is 17.7 Å². The molecule has 1 aromatic rings. The molecule has 1 unspecified atom stereocenters. The zero-order valence-electron chi connectivity index (χ0n) is 13.9. The summed E-state index contributed by atoms with van der Waals surface area (Å²) in [7, 11) is 3.46. The van der Waals surface area contributed by atoms with Gasteiger partial charge in [-0.05, 0) is 12.3 Å². The van der Waals surface area contributed by atoms with Crippen molar-refractivity contribution in [2.45, 2.75) is 32.2 Å². The molecule has 1 saturated heterocycles. The number of hydrogen-bond acceptors (Lipinski definition) is 4. The first-order chi connectivity index (χ1) is 10.6. The van der Waals surface area contributed by atoms with Crippen LogP contribution in [-0.4, -0.2) is 68.5 Å². The SMILES string of the molecule is C[C@@H]1CN(C(=O)C(C)(O)F)CC[C@@H]1N(C)C(=O)c1cnn(C)c1. The third-order valence-corrected chi connectivity index (χ3v) is 4.31. The molecule has 8 heteroatoms. The van der Waals surface area contributed by atoms with Crippen LogP contribution >= 0.6 is 0 Å². The smallest absolute Gasteiger partial charge is 0.287 e. The molecule has 7 nitrogen and oxygen atoms in total. The fraction of sp³-hybridized carbons (Fsp3) is 0.667. The Morgan fingerprint density at radius 2 is 2.17 bits per heavy atom. The second-order valence-corrected chi connectivity index (χ2v) is 6.36. The molecule has 128 valence electrons. The van der Waals surface area contributed by atoms with Gasteiger partial charge in [-0.2, -0.15) is 5.10 Å². The Labute approximate surface area is 134 Å². The van der Waals surface area contributed by atoms with Gasteiger partial charge in [0, 0.05) is 46.3 Å². The molecule has 0 radical (unpaired) electrons. The van der Waals surface area contributed by atoms with E-state index in [0.29, 0.717) is 25.1 Å². The normalized spacial score (nSPS) is 24.2. The maximum atomic E-state index is 13.4. The lowest BCUT2D eigenvalue weighted by Gasteiger charge is -2.41. The Morgan fingerprint density at radius 3 is 2.65 bits per heavy atom. The summed E-state index contributed by atoms with van der Waals surface area (Å²) in [5.74, 6) is -3.94. The zero-order chi connectivity index (χ0) is 17.4. The second-order valence-electron chi connectivity index (χ2n) is 6.36. The van der Waals surface area contributed by atoms with E-state index in [1.165, 1.54) is 11.1 Å². The maximum Gasteiger partial charge on any atom is 0.287 e. The first-order valence-corrected chi connectivity index (χ1v) is 7.57. The molecular formula is C15H23FN4O3. The number of halogens is 1. The summed E-state index contributed by atoms with van der Waals surface area (Å²) in [5.41, 5.74) is 0.507. The van der Waals surface area contributed by atoms with E-state index in [-0.39, 0.29) is 17.9 Å². The van der Waals surface area contributed by atoms with E-state index in [9.17, 15) is 19.1 Å². The Bertz CT molecular complexity index is 596. The predicted octanol–water partition coefficient (Wildman–Crippen LogP) is 0.407. The van der Waals surface area contributed by atoms with Gasteiger partial charge in [-0.25, -0.2) is 4.39 Å². The van der Waals surface area contributed by atoms with Crippen molar-refractivity contribution in [1.82, 2.24) is 19.6 Å². The van der Waals surface area contributed by atoms with Gasteiger partial charge in [-0.15, -0.1) is 0 Å². The molecule has 1 aliphatic heterocycles. The number of carbonyl (C=O) groups is 2. The maximum absolute atomic E-state index is 13.4. The molecule has 0 aromatic carbocycles. The number of aryl methyl sites for hydroxylation is 1. The molecule has 0 aliphatic carbocycles. The molecule has 1 aliphatic rings. The molecule has 1 aromatic heterocycles. The highest BCUT2D eigenvalue weighted by atomic mass is 19.2. The number of alkyl halides is 1. The molecule has 0 bridgehead atoms. The van der Waals surface area contributed by atoms with E-state index in [0.717, 1.165) is 6.92 Å². The highest BCUT2D eigenvalue weighted by Gasteiger charge is 2.39. The molecule has 2 amide bonds. The van der Waals surface area contributed by atoms with Gasteiger partial charge in [0.15, 0.2) is 0 Å². The quantitative estimate of drug-likeness (QED) is 0.872. The topological polar surface area (TPSA) is 78.7 Å². The molecule has 2 heterocycles. The molecule has 0 saturated carbocycles. The molecule has 2 rings (SSSR count). The van der Waals surface area contributed by atoms with Crippen LogP contribution in [0.2, 0.25) is 0 Å². The number of rotatable bonds is 3. The lowest BCUT2D eigenvalue weighted by Crippen LogP contribution is -2.55. The lowest BCUT2D eigenvalue weighted by molar-refractivity contribution is -0.170. The number of carbonyl (C=O) groups excluding carboxylic acids is 2. The fourth-order valence-electron chi connectivity index (χ4n) is 3.07. The van der Waals surface area contributed by atoms with Crippen LogP contribution in [0.3, 0.4) is 0 Å². The van der Waals surface area contributed by atoms with Gasteiger partial charge in [-0.1, -0.05) is 6.92 Å². The van der Waals surface area contributed by atoms with Crippen LogP contribution in [0.4, 0.5) is 4.39 Å². The van der Waals surface area contributed by atoms with Gasteiger partial charge >= 0.3 is 0 Å². The van der Waals surface area contributed by atoms with Gasteiger partial charge in [-0.3, -0.25) is 14.3 Å². The van der Waals surface area contributed by atoms with Gasteiger partial charge in [0.2, 0.25) is 0 Å². The number of aliphatic hydroxyl groups is 1. The summed E-state index contributed by atoms with van der Waals surface area (Å²) in [6.07, 6.45) is 3.70. The summed E-state index contributed by atoms with van der Waals surface area (Å²) in [6, 6.07) is -0.0590. The third-order valence-electron chi connectivity index (χ3n) is 4.31. The van der Waals surface area contributed by atoms with Crippen LogP contribution in [-0.2, 0) is 11.8 Å². The summed E-state index contributed by atoms with van der Waals surface area (Å²) in [6.45, 7) is 3.35. The molecule has 1 N–H and O–H groups in total. The van der Waals surface area contributed by atoms with E-state index >= 15 is 0 Å². The standard InChI is InChI=1S/C15H23FN4O3/c1-10-8-20(14(22)15(2,16)23)6-5-12(10)19(4)13(21)11-7-17-18(3)9-11/h7,9-10,12,23H,5-6,8H2,1-4H3/t10-,12+,15?/m1/s1. The van der Waals surface area contributed by atoms with Crippen molar-refractivity contribution in [2.24, 2.45) is 13.0 Å². The predicted molar refractivity (Wildman–Crippen MR) is 81.2 cm³/mol. The van der Waals surface area contributed by atoms with Crippen LogP contribution in [0, 0.1) is 5.92 Å². The Kier molecular flexibility index (Phi) is 4.74. The molecule has 23 heavy (non-hydrogen) atoms. The average Bonchev–Trinajstić information content (AvgIpc) is 2.90. The van der Waals surface area contributed by atoms with E-state index in [4.69, 9.17) is 0 Å². The van der Waals surface area contributed by atoms with Crippen molar-refractivity contribution in [3.05, 3.63) is 18.0 Å². The Hall–Kier alpha value is -1.96. The van der Waals surface area contributed by atoms with Crippen LogP contribution in [0.25, 0.3) is 0 Å². The van der Waals surface area contributed by atoms with Crippen LogP contribution in [0.1, 0.15) is 30.6 Å². The minimum absolute atomic E-state index is 0.0272. The summed E-state index contributed by atoms with van der Waals surface area (Å²) < 4.78 is 15.0. The molecule has 1 fully saturated rings. The number of amides is 2. The first kappa shape index (κ1) is 17.4. The van der Waals surface area contributed by atoms with Crippen LogP contribution < -0.4 is 0 Å². The summed E-state index contributed by atoms with van der Waals surface area (Å²) in [4.78, 5) is 27.2. The minimum atomic E-state index is -2.86. The largest absolute Gasteiger partial charge is 0.355 e.